The second-order valence-corrected chi connectivity index (χ2v) is 9.29. The number of rotatable bonds is 5. The molecule has 1 saturated carbocycles. The molecule has 0 radical (unpaired) electrons. The van der Waals surface area contributed by atoms with Gasteiger partial charge in [0.25, 0.3) is 11.5 Å². The van der Waals surface area contributed by atoms with E-state index in [0.29, 0.717) is 11.3 Å². The van der Waals surface area contributed by atoms with Crippen molar-refractivity contribution in [2.24, 2.45) is 0 Å². The Kier molecular flexibility index (Phi) is 5.49. The average Bonchev–Trinajstić information content (AvgIpc) is 3.50. The van der Waals surface area contributed by atoms with Gasteiger partial charge in [-0.25, -0.2) is 4.98 Å². The summed E-state index contributed by atoms with van der Waals surface area (Å²) in [6.07, 6.45) is 0.280. The average molecular weight is 486 g/mol. The van der Waals surface area contributed by atoms with Crippen molar-refractivity contribution in [3.8, 4) is 11.4 Å². The first-order valence-corrected chi connectivity index (χ1v) is 11.5. The van der Waals surface area contributed by atoms with Gasteiger partial charge in [0.1, 0.15) is 17.1 Å². The lowest BCUT2D eigenvalue weighted by Gasteiger charge is -2.40. The van der Waals surface area contributed by atoms with Crippen LogP contribution in [0.2, 0.25) is 0 Å². The van der Waals surface area contributed by atoms with E-state index in [1.807, 2.05) is 6.92 Å². The molecule has 0 unspecified atom stereocenters. The maximum absolute atomic E-state index is 13.6. The molecule has 1 amide bonds. The highest BCUT2D eigenvalue weighted by Gasteiger charge is 2.37. The van der Waals surface area contributed by atoms with Crippen LogP contribution >= 0.6 is 0 Å². The summed E-state index contributed by atoms with van der Waals surface area (Å²) in [5.74, 6) is -0.262. The van der Waals surface area contributed by atoms with Crippen LogP contribution in [-0.2, 0) is 12.7 Å². The smallest absolute Gasteiger partial charge is 0.416 e. The number of hydrogen-bond donors (Lipinski definition) is 0. The Morgan fingerprint density at radius 3 is 2.51 bits per heavy atom. The fraction of sp³-hybridized carbons (Fsp3) is 0.400. The summed E-state index contributed by atoms with van der Waals surface area (Å²) in [4.78, 5) is 32.3. The highest BCUT2D eigenvalue weighted by atomic mass is 19.4. The van der Waals surface area contributed by atoms with E-state index in [2.05, 4.69) is 4.98 Å². The lowest BCUT2D eigenvalue weighted by atomic mass is 9.99. The van der Waals surface area contributed by atoms with Gasteiger partial charge in [-0.1, -0.05) is 0 Å². The molecule has 5 rings (SSSR count). The Bertz CT molecular complexity index is 1360. The number of aromatic nitrogens is 3. The zero-order valence-corrected chi connectivity index (χ0v) is 19.5. The zero-order valence-electron chi connectivity index (χ0n) is 19.5. The third-order valence-electron chi connectivity index (χ3n) is 6.50. The molecule has 1 aliphatic heterocycles. The van der Waals surface area contributed by atoms with Crippen molar-refractivity contribution < 1.29 is 22.7 Å². The summed E-state index contributed by atoms with van der Waals surface area (Å²) in [7, 11) is 0. The first-order chi connectivity index (χ1) is 16.5. The van der Waals surface area contributed by atoms with Gasteiger partial charge < -0.3 is 18.8 Å². The lowest BCUT2D eigenvalue weighted by Crippen LogP contribution is -2.50. The van der Waals surface area contributed by atoms with Crippen molar-refractivity contribution in [3.63, 3.8) is 0 Å². The second-order valence-electron chi connectivity index (χ2n) is 9.29. The van der Waals surface area contributed by atoms with Crippen LogP contribution < -0.4 is 10.3 Å². The molecule has 0 N–H and O–H groups in total. The van der Waals surface area contributed by atoms with Crippen LogP contribution in [0.5, 0.6) is 5.75 Å². The number of pyridine rings is 1. The van der Waals surface area contributed by atoms with Gasteiger partial charge >= 0.3 is 6.18 Å². The number of carbonyl (C=O) groups excluding carboxylic acids is 1. The number of halogens is 3. The molecule has 1 aromatic carbocycles. The van der Waals surface area contributed by atoms with E-state index in [1.54, 1.807) is 42.8 Å². The molecular formula is C25H25F3N4O3. The highest BCUT2D eigenvalue weighted by Crippen LogP contribution is 2.38. The van der Waals surface area contributed by atoms with Gasteiger partial charge in [-0.05, 0) is 69.5 Å². The predicted molar refractivity (Wildman–Crippen MR) is 122 cm³/mol. The Balaban J connectivity index is 1.50. The van der Waals surface area contributed by atoms with Crippen LogP contribution in [0.1, 0.15) is 60.0 Å². The lowest BCUT2D eigenvalue weighted by molar-refractivity contribution is -0.137. The number of aryl methyl sites for hydroxylation is 1. The molecule has 0 saturated heterocycles. The monoisotopic (exact) mass is 486 g/mol. The molecule has 1 aliphatic carbocycles. The van der Waals surface area contributed by atoms with Crippen LogP contribution in [0.25, 0.3) is 5.69 Å². The number of fused-ring (bicyclic) bond motifs is 1. The minimum Gasteiger partial charge on any atom is -0.490 e. The number of amides is 1. The van der Waals surface area contributed by atoms with E-state index < -0.39 is 29.7 Å². The third-order valence-corrected chi connectivity index (χ3v) is 6.50. The van der Waals surface area contributed by atoms with Crippen molar-refractivity contribution >= 4 is 5.91 Å². The van der Waals surface area contributed by atoms with Crippen molar-refractivity contribution in [3.05, 3.63) is 75.7 Å². The summed E-state index contributed by atoms with van der Waals surface area (Å²) in [6.45, 7) is 5.51. The van der Waals surface area contributed by atoms with E-state index in [1.165, 1.54) is 15.8 Å². The Morgan fingerprint density at radius 1 is 1.14 bits per heavy atom. The Labute approximate surface area is 199 Å². The molecule has 3 aromatic rings. The minimum absolute atomic E-state index is 0.0654. The van der Waals surface area contributed by atoms with Crippen molar-refractivity contribution in [2.75, 3.05) is 0 Å². The fourth-order valence-electron chi connectivity index (χ4n) is 4.56. The standard InChI is InChI=1S/C25H25F3N4O3/c1-14-11-30(13-29-14)21-6-7-22-24(34)32(15(2)12-31(22)23(21)33)16(3)17-8-18(25(26,27)28)10-20(9-17)35-19-4-5-19/h6-11,13,15-16,19H,4-5,12H2,1-3H3/t15-,16+/m1/s1. The Hall–Kier alpha value is -3.56. The largest absolute Gasteiger partial charge is 0.490 e. The van der Waals surface area contributed by atoms with Gasteiger partial charge in [0.05, 0.1) is 29.7 Å². The van der Waals surface area contributed by atoms with E-state index in [9.17, 15) is 22.8 Å². The van der Waals surface area contributed by atoms with E-state index in [0.717, 1.165) is 30.7 Å². The third kappa shape index (κ3) is 4.33. The van der Waals surface area contributed by atoms with Crippen LogP contribution in [0.4, 0.5) is 13.2 Å². The number of benzene rings is 1. The Morgan fingerprint density at radius 2 is 1.89 bits per heavy atom. The molecule has 2 aromatic heterocycles. The van der Waals surface area contributed by atoms with Crippen LogP contribution in [0, 0.1) is 6.92 Å². The topological polar surface area (TPSA) is 69.4 Å². The fourth-order valence-corrected chi connectivity index (χ4v) is 4.56. The summed E-state index contributed by atoms with van der Waals surface area (Å²) in [5, 5.41) is 0. The van der Waals surface area contributed by atoms with Gasteiger partial charge in [-0.3, -0.25) is 9.59 Å². The van der Waals surface area contributed by atoms with E-state index in [4.69, 9.17) is 4.74 Å². The molecule has 10 heteroatoms. The number of alkyl halides is 3. The number of imidazole rings is 1. The molecule has 0 spiro atoms. The van der Waals surface area contributed by atoms with Crippen molar-refractivity contribution in [2.45, 2.75) is 64.5 Å². The van der Waals surface area contributed by atoms with Crippen LogP contribution in [0.3, 0.4) is 0 Å². The molecular weight excluding hydrogens is 461 g/mol. The van der Waals surface area contributed by atoms with Gasteiger partial charge in [-0.15, -0.1) is 0 Å². The molecule has 35 heavy (non-hydrogen) atoms. The normalized spacial score (nSPS) is 19.0. The van der Waals surface area contributed by atoms with Gasteiger partial charge in [0.15, 0.2) is 0 Å². The number of ether oxygens (including phenoxy) is 1. The van der Waals surface area contributed by atoms with Gasteiger partial charge in [-0.2, -0.15) is 13.2 Å². The molecule has 184 valence electrons. The van der Waals surface area contributed by atoms with Crippen LogP contribution in [0.15, 0.2) is 47.7 Å². The molecule has 0 bridgehead atoms. The van der Waals surface area contributed by atoms with Crippen molar-refractivity contribution in [1.29, 1.82) is 0 Å². The van der Waals surface area contributed by atoms with E-state index in [-0.39, 0.29) is 29.7 Å². The first kappa shape index (κ1) is 23.2. The number of carbonyl (C=O) groups is 1. The molecule has 7 nitrogen and oxygen atoms in total. The predicted octanol–water partition coefficient (Wildman–Crippen LogP) is 4.51. The summed E-state index contributed by atoms with van der Waals surface area (Å²) in [6, 6.07) is 5.70. The number of hydrogen-bond acceptors (Lipinski definition) is 4. The maximum atomic E-state index is 13.6. The summed E-state index contributed by atoms with van der Waals surface area (Å²) in [5.41, 5.74) is 0.510. The highest BCUT2D eigenvalue weighted by molar-refractivity contribution is 5.94. The molecule has 1 fully saturated rings. The second kappa shape index (κ2) is 8.28. The van der Waals surface area contributed by atoms with E-state index >= 15 is 0 Å². The maximum Gasteiger partial charge on any atom is 0.416 e. The summed E-state index contributed by atoms with van der Waals surface area (Å²) < 4.78 is 49.5. The van der Waals surface area contributed by atoms with Gasteiger partial charge in [0.2, 0.25) is 0 Å². The molecule has 2 aliphatic rings. The quantitative estimate of drug-likeness (QED) is 0.532. The minimum atomic E-state index is -4.54. The van der Waals surface area contributed by atoms with Gasteiger partial charge in [0, 0.05) is 18.8 Å². The first-order valence-electron chi connectivity index (χ1n) is 11.5. The summed E-state index contributed by atoms with van der Waals surface area (Å²) >= 11 is 0. The van der Waals surface area contributed by atoms with Crippen molar-refractivity contribution in [1.82, 2.24) is 19.0 Å². The zero-order chi connectivity index (χ0) is 25.1. The number of nitrogens with zero attached hydrogens (tertiary/aromatic N) is 4. The molecule has 2 atom stereocenters. The SMILES string of the molecule is Cc1cn(-c2ccc3n(c2=O)C[C@@H](C)N([C@@H](C)c2cc(OC4CC4)cc(C(F)(F)F)c2)C3=O)cn1. The van der Waals surface area contributed by atoms with Crippen LogP contribution in [-0.4, -0.2) is 37.1 Å². The molecule has 3 heterocycles.